The smallest absolute Gasteiger partial charge is 0.393 e. The highest BCUT2D eigenvalue weighted by Gasteiger charge is 2.56. The quantitative estimate of drug-likeness (QED) is 0.565. The van der Waals surface area contributed by atoms with Gasteiger partial charge in [-0.2, -0.15) is 13.2 Å². The summed E-state index contributed by atoms with van der Waals surface area (Å²) in [4.78, 5) is 0. The van der Waals surface area contributed by atoms with E-state index in [9.17, 15) is 13.2 Å². The van der Waals surface area contributed by atoms with Gasteiger partial charge in [0, 0.05) is 6.42 Å². The fourth-order valence-electron chi connectivity index (χ4n) is 1.26. The molecule has 66 valence electrons. The van der Waals surface area contributed by atoms with E-state index in [0.717, 1.165) is 0 Å². The van der Waals surface area contributed by atoms with Crippen molar-refractivity contribution in [2.45, 2.75) is 37.1 Å². The fraction of sp³-hybridized carbons (Fsp3) is 1.00. The van der Waals surface area contributed by atoms with E-state index in [1.807, 2.05) is 0 Å². The summed E-state index contributed by atoms with van der Waals surface area (Å²) in [5.74, 6) is 0. The minimum Gasteiger partial charge on any atom is -0.393 e. The molecule has 2 unspecified atom stereocenters. The summed E-state index contributed by atoms with van der Waals surface area (Å²) in [5.41, 5.74) is -2.65. The molecular formula is C6H9F3O2. The third-order valence-electron chi connectivity index (χ3n) is 1.99. The van der Waals surface area contributed by atoms with Gasteiger partial charge in [-0.05, 0) is 12.8 Å². The second-order valence-corrected chi connectivity index (χ2v) is 2.93. The lowest BCUT2D eigenvalue weighted by Crippen LogP contribution is -2.42. The molecule has 0 radical (unpaired) electrons. The van der Waals surface area contributed by atoms with Gasteiger partial charge in [-0.3, -0.25) is 0 Å². The lowest BCUT2D eigenvalue weighted by atomic mass is 10.0. The van der Waals surface area contributed by atoms with Gasteiger partial charge in [-0.15, -0.1) is 0 Å². The molecule has 11 heavy (non-hydrogen) atoms. The van der Waals surface area contributed by atoms with Gasteiger partial charge in [0.25, 0.3) is 0 Å². The minimum absolute atomic E-state index is 0.0238. The molecule has 1 fully saturated rings. The van der Waals surface area contributed by atoms with Crippen molar-refractivity contribution in [3.8, 4) is 0 Å². The van der Waals surface area contributed by atoms with E-state index >= 15 is 0 Å². The summed E-state index contributed by atoms with van der Waals surface area (Å²) in [6, 6.07) is 0. The number of hydrogen-bond acceptors (Lipinski definition) is 2. The van der Waals surface area contributed by atoms with E-state index in [1.165, 1.54) is 0 Å². The van der Waals surface area contributed by atoms with E-state index in [2.05, 4.69) is 0 Å². The van der Waals surface area contributed by atoms with Crippen molar-refractivity contribution in [2.75, 3.05) is 0 Å². The molecule has 0 aromatic heterocycles. The average molecular weight is 170 g/mol. The van der Waals surface area contributed by atoms with Crippen molar-refractivity contribution < 1.29 is 23.4 Å². The van der Waals surface area contributed by atoms with Crippen LogP contribution in [0.15, 0.2) is 0 Å². The molecule has 0 heterocycles. The summed E-state index contributed by atoms with van der Waals surface area (Å²) < 4.78 is 35.9. The molecule has 2 N–H and O–H groups in total. The zero-order valence-electron chi connectivity index (χ0n) is 5.73. The molecule has 0 amide bonds. The molecule has 0 aromatic carbocycles. The van der Waals surface area contributed by atoms with Gasteiger partial charge in [0.2, 0.25) is 0 Å². The van der Waals surface area contributed by atoms with Crippen molar-refractivity contribution in [2.24, 2.45) is 0 Å². The first-order valence-corrected chi connectivity index (χ1v) is 3.32. The monoisotopic (exact) mass is 170 g/mol. The van der Waals surface area contributed by atoms with E-state index in [1.54, 1.807) is 0 Å². The number of halogens is 3. The standard InChI is InChI=1S/C6H9F3O2/c7-6(8,9)5(11)2-1-4(10)3-5/h4,10-11H,1-3H2. The van der Waals surface area contributed by atoms with Crippen LogP contribution in [0.2, 0.25) is 0 Å². The predicted octanol–water partition coefficient (Wildman–Crippen LogP) is 0.825. The maximum atomic E-state index is 12.0. The molecule has 2 atom stereocenters. The van der Waals surface area contributed by atoms with Crippen LogP contribution in [0, 0.1) is 0 Å². The van der Waals surface area contributed by atoms with Crippen LogP contribution in [0.25, 0.3) is 0 Å². The van der Waals surface area contributed by atoms with Crippen molar-refractivity contribution in [1.29, 1.82) is 0 Å². The van der Waals surface area contributed by atoms with Crippen LogP contribution in [0.1, 0.15) is 19.3 Å². The Bertz CT molecular complexity index is 156. The largest absolute Gasteiger partial charge is 0.417 e. The maximum absolute atomic E-state index is 12.0. The number of alkyl halides is 3. The SMILES string of the molecule is OC1CCC(O)(C(F)(F)F)C1. The Morgan fingerprint density at radius 3 is 2.09 bits per heavy atom. The normalized spacial score (nSPS) is 39.5. The van der Waals surface area contributed by atoms with Gasteiger partial charge in [0.15, 0.2) is 5.60 Å². The molecule has 1 aliphatic rings. The minimum atomic E-state index is -4.61. The molecular weight excluding hydrogens is 161 g/mol. The van der Waals surface area contributed by atoms with E-state index < -0.39 is 30.7 Å². The van der Waals surface area contributed by atoms with Crippen LogP contribution in [0.3, 0.4) is 0 Å². The zero-order valence-corrected chi connectivity index (χ0v) is 5.73. The second-order valence-electron chi connectivity index (χ2n) is 2.93. The molecule has 1 aliphatic carbocycles. The molecule has 5 heteroatoms. The van der Waals surface area contributed by atoms with Crippen molar-refractivity contribution in [1.82, 2.24) is 0 Å². The first kappa shape index (κ1) is 8.80. The highest BCUT2D eigenvalue weighted by molar-refractivity contribution is 4.94. The van der Waals surface area contributed by atoms with Crippen LogP contribution in [-0.4, -0.2) is 28.1 Å². The van der Waals surface area contributed by atoms with Gasteiger partial charge < -0.3 is 10.2 Å². The summed E-state index contributed by atoms with van der Waals surface area (Å²) in [7, 11) is 0. The lowest BCUT2D eigenvalue weighted by Gasteiger charge is -2.24. The number of hydrogen-bond donors (Lipinski definition) is 2. The molecule has 2 nitrogen and oxygen atoms in total. The Labute approximate surface area is 61.6 Å². The summed E-state index contributed by atoms with van der Waals surface area (Å²) in [6.45, 7) is 0. The van der Waals surface area contributed by atoms with Gasteiger partial charge >= 0.3 is 6.18 Å². The van der Waals surface area contributed by atoms with Crippen LogP contribution in [-0.2, 0) is 0 Å². The third-order valence-corrected chi connectivity index (χ3v) is 1.99. The predicted molar refractivity (Wildman–Crippen MR) is 30.9 cm³/mol. The average Bonchev–Trinajstić information content (AvgIpc) is 2.10. The van der Waals surface area contributed by atoms with Gasteiger partial charge in [0.1, 0.15) is 0 Å². The molecule has 1 rings (SSSR count). The molecule has 1 saturated carbocycles. The molecule has 0 aromatic rings. The van der Waals surface area contributed by atoms with E-state index in [4.69, 9.17) is 10.2 Å². The Morgan fingerprint density at radius 2 is 1.91 bits per heavy atom. The third kappa shape index (κ3) is 1.49. The summed E-state index contributed by atoms with van der Waals surface area (Å²) >= 11 is 0. The second kappa shape index (κ2) is 2.35. The highest BCUT2D eigenvalue weighted by atomic mass is 19.4. The van der Waals surface area contributed by atoms with Gasteiger partial charge in [-0.1, -0.05) is 0 Å². The van der Waals surface area contributed by atoms with Crippen LogP contribution >= 0.6 is 0 Å². The molecule has 0 bridgehead atoms. The van der Waals surface area contributed by atoms with Gasteiger partial charge in [0.05, 0.1) is 6.10 Å². The Balaban J connectivity index is 2.69. The first-order valence-electron chi connectivity index (χ1n) is 3.32. The summed E-state index contributed by atoms with van der Waals surface area (Å²) in [6.07, 6.45) is -6.57. The number of rotatable bonds is 0. The zero-order chi connectivity index (χ0) is 8.70. The van der Waals surface area contributed by atoms with Crippen molar-refractivity contribution >= 4 is 0 Å². The van der Waals surface area contributed by atoms with Crippen LogP contribution < -0.4 is 0 Å². The van der Waals surface area contributed by atoms with E-state index in [-0.39, 0.29) is 6.42 Å². The van der Waals surface area contributed by atoms with Gasteiger partial charge in [-0.25, -0.2) is 0 Å². The fourth-order valence-corrected chi connectivity index (χ4v) is 1.26. The topological polar surface area (TPSA) is 40.5 Å². The number of aliphatic hydroxyl groups is 2. The number of aliphatic hydroxyl groups excluding tert-OH is 1. The highest BCUT2D eigenvalue weighted by Crippen LogP contribution is 2.42. The van der Waals surface area contributed by atoms with Crippen molar-refractivity contribution in [3.63, 3.8) is 0 Å². The van der Waals surface area contributed by atoms with E-state index in [0.29, 0.717) is 0 Å². The first-order chi connectivity index (χ1) is 4.85. The Hall–Kier alpha value is -0.290. The van der Waals surface area contributed by atoms with Crippen LogP contribution in [0.5, 0.6) is 0 Å². The molecule has 0 spiro atoms. The maximum Gasteiger partial charge on any atom is 0.417 e. The summed E-state index contributed by atoms with van der Waals surface area (Å²) in [5, 5.41) is 17.7. The Kier molecular flexibility index (Phi) is 1.88. The van der Waals surface area contributed by atoms with Crippen LogP contribution in [0.4, 0.5) is 13.2 Å². The van der Waals surface area contributed by atoms with Crippen molar-refractivity contribution in [3.05, 3.63) is 0 Å². The molecule has 0 saturated heterocycles. The Morgan fingerprint density at radius 1 is 1.36 bits per heavy atom. The molecule has 0 aliphatic heterocycles. The lowest BCUT2D eigenvalue weighted by molar-refractivity contribution is -0.258.